The van der Waals surface area contributed by atoms with Gasteiger partial charge >= 0.3 is 6.03 Å². The minimum absolute atomic E-state index is 0.175. The first-order valence-electron chi connectivity index (χ1n) is 6.72. The zero-order valence-electron chi connectivity index (χ0n) is 12.5. The van der Waals surface area contributed by atoms with Crippen molar-refractivity contribution in [3.8, 4) is 12.3 Å². The van der Waals surface area contributed by atoms with Crippen LogP contribution < -0.4 is 5.32 Å². The van der Waals surface area contributed by atoms with Crippen molar-refractivity contribution < 1.29 is 9.59 Å². The fraction of sp³-hybridized carbons (Fsp3) is 0.600. The van der Waals surface area contributed by atoms with Crippen molar-refractivity contribution in [3.63, 3.8) is 0 Å². The van der Waals surface area contributed by atoms with E-state index >= 15 is 0 Å². The quantitative estimate of drug-likeness (QED) is 0.432. The van der Waals surface area contributed by atoms with Gasteiger partial charge in [0.1, 0.15) is 5.54 Å². The highest BCUT2D eigenvalue weighted by Crippen LogP contribution is 2.16. The smallest absolute Gasteiger partial charge is 0.324 e. The molecule has 1 N–H and O–H groups in total. The third-order valence-corrected chi connectivity index (χ3v) is 3.11. The van der Waals surface area contributed by atoms with Gasteiger partial charge in [-0.05, 0) is 27.2 Å². The molecule has 0 unspecified atom stereocenters. The van der Waals surface area contributed by atoms with E-state index in [9.17, 15) is 9.59 Å². The Hall–Kier alpha value is -1.80. The molecule has 0 saturated carbocycles. The summed E-state index contributed by atoms with van der Waals surface area (Å²) in [6.07, 6.45) is 6.03. The highest BCUT2D eigenvalue weighted by atomic mass is 16.2. The highest BCUT2D eigenvalue weighted by Gasteiger charge is 2.43. The number of rotatable bonds is 7. The van der Waals surface area contributed by atoms with Crippen LogP contribution in [-0.2, 0) is 4.79 Å². The predicted octanol–water partition coefficient (Wildman–Crippen LogP) is 1.22. The van der Waals surface area contributed by atoms with E-state index in [1.165, 1.54) is 4.90 Å². The SMILES string of the molecule is C#CCN(CCCN1C(=O)NC(C)(C)C1=O)CC(=C)C. The summed E-state index contributed by atoms with van der Waals surface area (Å²) in [6.45, 7) is 11.6. The normalized spacial score (nSPS) is 17.2. The van der Waals surface area contributed by atoms with Gasteiger partial charge in [-0.3, -0.25) is 14.6 Å². The Morgan fingerprint density at radius 3 is 2.60 bits per heavy atom. The Labute approximate surface area is 121 Å². The van der Waals surface area contributed by atoms with Crippen LogP contribution in [0.4, 0.5) is 4.79 Å². The van der Waals surface area contributed by atoms with Crippen LogP contribution in [0.5, 0.6) is 0 Å². The van der Waals surface area contributed by atoms with Gasteiger partial charge in [0.05, 0.1) is 6.54 Å². The molecule has 0 radical (unpaired) electrons. The first-order valence-corrected chi connectivity index (χ1v) is 6.72. The first-order chi connectivity index (χ1) is 9.27. The van der Waals surface area contributed by atoms with E-state index in [0.717, 1.165) is 18.7 Å². The molecule has 5 heteroatoms. The number of nitrogens with one attached hydrogen (secondary N) is 1. The van der Waals surface area contributed by atoms with Crippen LogP contribution >= 0.6 is 0 Å². The van der Waals surface area contributed by atoms with Gasteiger partial charge in [0.25, 0.3) is 5.91 Å². The number of amides is 3. The highest BCUT2D eigenvalue weighted by molar-refractivity contribution is 6.06. The first kappa shape index (κ1) is 16.3. The fourth-order valence-corrected chi connectivity index (χ4v) is 2.20. The summed E-state index contributed by atoms with van der Waals surface area (Å²) < 4.78 is 0. The maximum atomic E-state index is 12.0. The second-order valence-corrected chi connectivity index (χ2v) is 5.74. The van der Waals surface area contributed by atoms with E-state index in [1.54, 1.807) is 13.8 Å². The van der Waals surface area contributed by atoms with E-state index < -0.39 is 5.54 Å². The van der Waals surface area contributed by atoms with Gasteiger partial charge < -0.3 is 5.32 Å². The zero-order valence-corrected chi connectivity index (χ0v) is 12.5. The lowest BCUT2D eigenvalue weighted by atomic mass is 10.1. The molecule has 5 nitrogen and oxygen atoms in total. The number of nitrogens with zero attached hydrogens (tertiary/aromatic N) is 2. The average molecular weight is 277 g/mol. The van der Waals surface area contributed by atoms with Crippen molar-refractivity contribution in [2.24, 2.45) is 0 Å². The van der Waals surface area contributed by atoms with Crippen LogP contribution in [0.25, 0.3) is 0 Å². The maximum absolute atomic E-state index is 12.0. The molecule has 1 saturated heterocycles. The number of imide groups is 1. The molecule has 0 aromatic rings. The van der Waals surface area contributed by atoms with Crippen molar-refractivity contribution >= 4 is 11.9 Å². The number of hydrogen-bond acceptors (Lipinski definition) is 3. The van der Waals surface area contributed by atoms with Gasteiger partial charge in [0.15, 0.2) is 0 Å². The lowest BCUT2D eigenvalue weighted by molar-refractivity contribution is -0.130. The molecule has 1 aliphatic heterocycles. The van der Waals surface area contributed by atoms with Gasteiger partial charge in [-0.1, -0.05) is 18.1 Å². The van der Waals surface area contributed by atoms with Crippen LogP contribution in [0.2, 0.25) is 0 Å². The Morgan fingerprint density at radius 2 is 2.15 bits per heavy atom. The standard InChI is InChI=1S/C15H23N3O2/c1-6-8-17(11-12(2)3)9-7-10-18-13(19)15(4,5)16-14(18)20/h1H,2,7-11H2,3-5H3,(H,16,20). The summed E-state index contributed by atoms with van der Waals surface area (Å²) in [5.74, 6) is 2.43. The van der Waals surface area contributed by atoms with Gasteiger partial charge in [0, 0.05) is 19.6 Å². The van der Waals surface area contributed by atoms with Crippen molar-refractivity contribution in [2.45, 2.75) is 32.7 Å². The van der Waals surface area contributed by atoms with Gasteiger partial charge in [-0.2, -0.15) is 0 Å². The molecule has 110 valence electrons. The molecule has 1 rings (SSSR count). The van der Waals surface area contributed by atoms with Crippen LogP contribution in [0.3, 0.4) is 0 Å². The molecule has 0 aromatic carbocycles. The Morgan fingerprint density at radius 1 is 1.50 bits per heavy atom. The van der Waals surface area contributed by atoms with E-state index in [2.05, 4.69) is 22.7 Å². The lowest BCUT2D eigenvalue weighted by Crippen LogP contribution is -2.40. The summed E-state index contributed by atoms with van der Waals surface area (Å²) in [4.78, 5) is 27.1. The summed E-state index contributed by atoms with van der Waals surface area (Å²) in [7, 11) is 0. The summed E-state index contributed by atoms with van der Waals surface area (Å²) >= 11 is 0. The molecule has 1 heterocycles. The molecule has 1 fully saturated rings. The van der Waals surface area contributed by atoms with Gasteiger partial charge in [0.2, 0.25) is 0 Å². The molecule has 0 aromatic heterocycles. The predicted molar refractivity (Wildman–Crippen MR) is 79.0 cm³/mol. The van der Waals surface area contributed by atoms with Crippen molar-refractivity contribution in [1.82, 2.24) is 15.1 Å². The Balaban J connectivity index is 2.47. The summed E-state index contributed by atoms with van der Waals surface area (Å²) in [5.41, 5.74) is 0.240. The minimum atomic E-state index is -0.798. The molecule has 1 aliphatic rings. The molecular weight excluding hydrogens is 254 g/mol. The summed E-state index contributed by atoms with van der Waals surface area (Å²) in [6, 6.07) is -0.316. The van der Waals surface area contributed by atoms with Crippen molar-refractivity contribution in [2.75, 3.05) is 26.2 Å². The Kier molecular flexibility index (Phi) is 5.34. The summed E-state index contributed by atoms with van der Waals surface area (Å²) in [5, 5.41) is 2.67. The van der Waals surface area contributed by atoms with Crippen LogP contribution in [0.1, 0.15) is 27.2 Å². The molecule has 20 heavy (non-hydrogen) atoms. The molecule has 0 aliphatic carbocycles. The number of carbonyl (C=O) groups is 2. The van der Waals surface area contributed by atoms with Crippen LogP contribution in [0.15, 0.2) is 12.2 Å². The second-order valence-electron chi connectivity index (χ2n) is 5.74. The number of hydrogen-bond donors (Lipinski definition) is 1. The van der Waals surface area contributed by atoms with E-state index in [1.807, 2.05) is 6.92 Å². The van der Waals surface area contributed by atoms with Crippen molar-refractivity contribution in [1.29, 1.82) is 0 Å². The van der Waals surface area contributed by atoms with Crippen LogP contribution in [0, 0.1) is 12.3 Å². The van der Waals surface area contributed by atoms with Crippen molar-refractivity contribution in [3.05, 3.63) is 12.2 Å². The van der Waals surface area contributed by atoms with Gasteiger partial charge in [-0.25, -0.2) is 4.79 Å². The topological polar surface area (TPSA) is 52.6 Å². The third kappa shape index (κ3) is 4.10. The molecule has 0 atom stereocenters. The zero-order chi connectivity index (χ0) is 15.3. The number of urea groups is 1. The number of carbonyl (C=O) groups excluding carboxylic acids is 2. The average Bonchev–Trinajstić information content (AvgIpc) is 2.50. The van der Waals surface area contributed by atoms with Crippen LogP contribution in [-0.4, -0.2) is 53.5 Å². The molecule has 3 amide bonds. The molecule has 0 spiro atoms. The Bertz CT molecular complexity index is 449. The minimum Gasteiger partial charge on any atom is -0.324 e. The lowest BCUT2D eigenvalue weighted by Gasteiger charge is -2.21. The second kappa shape index (κ2) is 6.58. The van der Waals surface area contributed by atoms with E-state index in [0.29, 0.717) is 19.5 Å². The third-order valence-electron chi connectivity index (χ3n) is 3.11. The largest absolute Gasteiger partial charge is 0.325 e. The van der Waals surface area contributed by atoms with E-state index in [4.69, 9.17) is 6.42 Å². The number of terminal acetylenes is 1. The molecular formula is C15H23N3O2. The van der Waals surface area contributed by atoms with Gasteiger partial charge in [-0.15, -0.1) is 6.42 Å². The maximum Gasteiger partial charge on any atom is 0.325 e. The fourth-order valence-electron chi connectivity index (χ4n) is 2.20. The monoisotopic (exact) mass is 277 g/mol. The van der Waals surface area contributed by atoms with E-state index in [-0.39, 0.29) is 11.9 Å². The molecule has 0 bridgehead atoms.